The van der Waals surface area contributed by atoms with Gasteiger partial charge in [-0.05, 0) is 43.7 Å². The number of likely N-dealkylation sites (tertiary alicyclic amines) is 1. The largest absolute Gasteiger partial charge is 0.462 e. The van der Waals surface area contributed by atoms with Crippen LogP contribution in [0.5, 0.6) is 0 Å². The van der Waals surface area contributed by atoms with Gasteiger partial charge in [0.25, 0.3) is 0 Å². The summed E-state index contributed by atoms with van der Waals surface area (Å²) in [5.74, 6) is 3.46. The molecule has 8 heteroatoms. The van der Waals surface area contributed by atoms with Gasteiger partial charge in [-0.15, -0.1) is 0 Å². The Labute approximate surface area is 157 Å². The average molecular weight is 369 g/mol. The molecule has 1 N–H and O–H groups in total. The van der Waals surface area contributed by atoms with Gasteiger partial charge in [-0.25, -0.2) is 4.98 Å². The first-order valence-corrected chi connectivity index (χ1v) is 9.04. The lowest BCUT2D eigenvalue weighted by Gasteiger charge is -2.19. The fourth-order valence-electron chi connectivity index (χ4n) is 3.36. The van der Waals surface area contributed by atoms with Gasteiger partial charge in [0.05, 0.1) is 12.6 Å². The zero-order chi connectivity index (χ0) is 18.8. The van der Waals surface area contributed by atoms with Crippen LogP contribution in [0.15, 0.2) is 39.4 Å². The minimum Gasteiger partial charge on any atom is -0.462 e. The summed E-state index contributed by atoms with van der Waals surface area (Å²) in [6.07, 6.45) is 3.79. The number of hydrogen-bond donors (Lipinski definition) is 1. The first-order valence-electron chi connectivity index (χ1n) is 9.04. The third kappa shape index (κ3) is 3.72. The van der Waals surface area contributed by atoms with Crippen LogP contribution in [0.2, 0.25) is 0 Å². The highest BCUT2D eigenvalue weighted by Gasteiger charge is 2.31. The molecule has 142 valence electrons. The number of anilines is 1. The highest BCUT2D eigenvalue weighted by atomic mass is 16.5. The highest BCUT2D eigenvalue weighted by Crippen LogP contribution is 2.33. The summed E-state index contributed by atoms with van der Waals surface area (Å²) >= 11 is 0. The summed E-state index contributed by atoms with van der Waals surface area (Å²) < 4.78 is 11.2. The first-order chi connectivity index (χ1) is 13.1. The van der Waals surface area contributed by atoms with Gasteiger partial charge in [0.1, 0.15) is 23.9 Å². The molecule has 0 saturated carbocycles. The van der Waals surface area contributed by atoms with Gasteiger partial charge in [0, 0.05) is 25.9 Å². The van der Waals surface area contributed by atoms with Crippen LogP contribution in [0.1, 0.15) is 36.3 Å². The van der Waals surface area contributed by atoms with Crippen LogP contribution in [0.4, 0.5) is 5.82 Å². The summed E-state index contributed by atoms with van der Waals surface area (Å²) in [5, 5.41) is 13.3. The normalized spacial score (nSPS) is 17.5. The van der Waals surface area contributed by atoms with Crippen molar-refractivity contribution in [2.75, 3.05) is 25.5 Å². The number of aliphatic hydroxyl groups is 1. The molecule has 4 rings (SSSR count). The van der Waals surface area contributed by atoms with E-state index in [1.54, 1.807) is 12.3 Å². The molecule has 3 aromatic heterocycles. The van der Waals surface area contributed by atoms with E-state index >= 15 is 0 Å². The van der Waals surface area contributed by atoms with Crippen molar-refractivity contribution < 1.29 is 14.0 Å². The smallest absolute Gasteiger partial charge is 0.244 e. The third-order valence-corrected chi connectivity index (χ3v) is 4.79. The van der Waals surface area contributed by atoms with Crippen LogP contribution in [0.25, 0.3) is 11.4 Å². The minimum atomic E-state index is -0.0862. The Balaban J connectivity index is 1.49. The lowest BCUT2D eigenvalue weighted by atomic mass is 10.2. The fourth-order valence-corrected chi connectivity index (χ4v) is 3.36. The Morgan fingerprint density at radius 2 is 2.07 bits per heavy atom. The zero-order valence-electron chi connectivity index (χ0n) is 15.5. The summed E-state index contributed by atoms with van der Waals surface area (Å²) in [4.78, 5) is 13.2. The fraction of sp³-hybridized carbons (Fsp3) is 0.421. The minimum absolute atomic E-state index is 0.0722. The number of nitrogens with zero attached hydrogens (tertiary/aromatic N) is 5. The second-order valence-electron chi connectivity index (χ2n) is 6.91. The van der Waals surface area contributed by atoms with Crippen molar-refractivity contribution in [3.63, 3.8) is 0 Å². The molecule has 8 nitrogen and oxygen atoms in total. The van der Waals surface area contributed by atoms with Gasteiger partial charge >= 0.3 is 0 Å². The first kappa shape index (κ1) is 17.7. The quantitative estimate of drug-likeness (QED) is 0.709. The standard InChI is InChI=1S/C19H23N5O3/c1-23(2)17-8-5-13(10-20-17)18-21-19(27-22-18)16-4-3-9-24(16)11-14-6-7-15(12-25)26-14/h5-8,10,16,25H,3-4,9,11-12H2,1-2H3/t16-/m0/s1. The predicted molar refractivity (Wildman–Crippen MR) is 98.9 cm³/mol. The maximum atomic E-state index is 9.15. The van der Waals surface area contributed by atoms with Crippen molar-refractivity contribution >= 4 is 5.82 Å². The Hall–Kier alpha value is -2.71. The van der Waals surface area contributed by atoms with E-state index in [-0.39, 0.29) is 12.6 Å². The second-order valence-corrected chi connectivity index (χ2v) is 6.91. The summed E-state index contributed by atoms with van der Waals surface area (Å²) in [5.41, 5.74) is 0.832. The third-order valence-electron chi connectivity index (χ3n) is 4.79. The molecule has 4 heterocycles. The maximum absolute atomic E-state index is 9.15. The van der Waals surface area contributed by atoms with Gasteiger partial charge in [-0.2, -0.15) is 4.98 Å². The van der Waals surface area contributed by atoms with Crippen LogP contribution >= 0.6 is 0 Å². The molecule has 1 aliphatic heterocycles. The van der Waals surface area contributed by atoms with Gasteiger partial charge < -0.3 is 18.9 Å². The Morgan fingerprint density at radius 3 is 2.78 bits per heavy atom. The molecule has 0 spiro atoms. The van der Waals surface area contributed by atoms with E-state index in [0.717, 1.165) is 36.5 Å². The molecular weight excluding hydrogens is 346 g/mol. The van der Waals surface area contributed by atoms with Crippen molar-refractivity contribution in [3.05, 3.63) is 47.9 Å². The number of aromatic nitrogens is 3. The summed E-state index contributed by atoms with van der Waals surface area (Å²) in [6.45, 7) is 1.51. The van der Waals surface area contributed by atoms with E-state index in [9.17, 15) is 0 Å². The maximum Gasteiger partial charge on any atom is 0.244 e. The zero-order valence-corrected chi connectivity index (χ0v) is 15.5. The molecule has 0 aliphatic carbocycles. The molecule has 0 unspecified atom stereocenters. The molecule has 1 aliphatic rings. The van der Waals surface area contributed by atoms with Crippen LogP contribution in [0.3, 0.4) is 0 Å². The SMILES string of the molecule is CN(C)c1ccc(-c2noc([C@@H]3CCCN3Cc3ccc(CO)o3)n2)cn1. The Morgan fingerprint density at radius 1 is 1.22 bits per heavy atom. The van der Waals surface area contributed by atoms with E-state index < -0.39 is 0 Å². The van der Waals surface area contributed by atoms with Gasteiger partial charge in [0.15, 0.2) is 0 Å². The van der Waals surface area contributed by atoms with Crippen molar-refractivity contribution in [1.29, 1.82) is 0 Å². The van der Waals surface area contributed by atoms with Gasteiger partial charge in [0.2, 0.25) is 11.7 Å². The number of hydrogen-bond acceptors (Lipinski definition) is 8. The van der Waals surface area contributed by atoms with E-state index in [2.05, 4.69) is 20.0 Å². The molecule has 0 bridgehead atoms. The molecular formula is C19H23N5O3. The molecule has 0 radical (unpaired) electrons. The van der Waals surface area contributed by atoms with Crippen molar-refractivity contribution in [3.8, 4) is 11.4 Å². The number of aliphatic hydroxyl groups excluding tert-OH is 1. The predicted octanol–water partition coefficient (Wildman–Crippen LogP) is 2.62. The molecule has 0 aromatic carbocycles. The molecule has 0 amide bonds. The number of rotatable bonds is 6. The van der Waals surface area contributed by atoms with Crippen molar-refractivity contribution in [2.24, 2.45) is 0 Å². The summed E-state index contributed by atoms with van der Waals surface area (Å²) in [7, 11) is 3.90. The van der Waals surface area contributed by atoms with E-state index in [1.807, 2.05) is 37.2 Å². The Kier molecular flexibility index (Phi) is 4.91. The van der Waals surface area contributed by atoms with Crippen LogP contribution in [0, 0.1) is 0 Å². The van der Waals surface area contributed by atoms with E-state index in [1.165, 1.54) is 0 Å². The summed E-state index contributed by atoms with van der Waals surface area (Å²) in [6, 6.07) is 7.65. The van der Waals surface area contributed by atoms with E-state index in [0.29, 0.717) is 24.0 Å². The van der Waals surface area contributed by atoms with Crippen LogP contribution < -0.4 is 4.90 Å². The average Bonchev–Trinajstić information content (AvgIpc) is 3.42. The van der Waals surface area contributed by atoms with Gasteiger partial charge in [-0.3, -0.25) is 4.90 Å². The van der Waals surface area contributed by atoms with Gasteiger partial charge in [-0.1, -0.05) is 5.16 Å². The number of furan rings is 1. The Bertz CT molecular complexity index is 887. The molecule has 1 atom stereocenters. The molecule has 3 aromatic rings. The second kappa shape index (κ2) is 7.50. The molecule has 27 heavy (non-hydrogen) atoms. The van der Waals surface area contributed by atoms with Crippen LogP contribution in [-0.4, -0.2) is 45.8 Å². The van der Waals surface area contributed by atoms with Crippen LogP contribution in [-0.2, 0) is 13.2 Å². The number of pyridine rings is 1. The molecule has 1 saturated heterocycles. The monoisotopic (exact) mass is 369 g/mol. The highest BCUT2D eigenvalue weighted by molar-refractivity contribution is 5.55. The molecule has 1 fully saturated rings. The van der Waals surface area contributed by atoms with E-state index in [4.69, 9.17) is 14.0 Å². The van der Waals surface area contributed by atoms with Crippen molar-refractivity contribution in [1.82, 2.24) is 20.0 Å². The topological polar surface area (TPSA) is 91.7 Å². The lowest BCUT2D eigenvalue weighted by Crippen LogP contribution is -2.22. The lowest BCUT2D eigenvalue weighted by molar-refractivity contribution is 0.182. The van der Waals surface area contributed by atoms with Crippen molar-refractivity contribution in [2.45, 2.75) is 32.0 Å².